The van der Waals surface area contributed by atoms with Gasteiger partial charge >= 0.3 is 5.69 Å². The second-order valence-corrected chi connectivity index (χ2v) is 4.29. The lowest BCUT2D eigenvalue weighted by molar-refractivity contribution is -0.385. The van der Waals surface area contributed by atoms with Crippen molar-refractivity contribution in [2.75, 3.05) is 5.32 Å². The summed E-state index contributed by atoms with van der Waals surface area (Å²) >= 11 is 0. The summed E-state index contributed by atoms with van der Waals surface area (Å²) < 4.78 is 5.35. The Bertz CT molecular complexity index is 602. The summed E-state index contributed by atoms with van der Waals surface area (Å²) in [6.07, 6.45) is 1.02. The van der Waals surface area contributed by atoms with E-state index in [0.717, 1.165) is 0 Å². The highest BCUT2D eigenvalue weighted by atomic mass is 16.6. The molecule has 0 atom stereocenters. The van der Waals surface area contributed by atoms with Gasteiger partial charge in [0.05, 0.1) is 11.0 Å². The van der Waals surface area contributed by atoms with E-state index in [2.05, 4.69) is 15.3 Å². The van der Waals surface area contributed by atoms with E-state index >= 15 is 0 Å². The molecule has 0 aliphatic carbocycles. The Morgan fingerprint density at radius 2 is 1.95 bits per heavy atom. The molecular weight excluding hydrogens is 260 g/mol. The molecule has 0 spiro atoms. The summed E-state index contributed by atoms with van der Waals surface area (Å²) in [4.78, 5) is 18.4. The Morgan fingerprint density at radius 3 is 2.55 bits per heavy atom. The first kappa shape index (κ1) is 13.7. The minimum atomic E-state index is -0.553. The number of hydrogen-bond acceptors (Lipinski definition) is 6. The first-order chi connectivity index (χ1) is 9.58. The van der Waals surface area contributed by atoms with Crippen molar-refractivity contribution >= 4 is 17.2 Å². The summed E-state index contributed by atoms with van der Waals surface area (Å²) in [5, 5.41) is 14.1. The highest BCUT2D eigenvalue weighted by Crippen LogP contribution is 2.33. The molecule has 20 heavy (non-hydrogen) atoms. The van der Waals surface area contributed by atoms with Crippen LogP contribution in [-0.4, -0.2) is 21.0 Å². The van der Waals surface area contributed by atoms with Crippen LogP contribution in [0.4, 0.5) is 17.2 Å². The van der Waals surface area contributed by atoms with E-state index in [9.17, 15) is 10.1 Å². The first-order valence-corrected chi connectivity index (χ1v) is 6.06. The molecule has 0 amide bonds. The lowest BCUT2D eigenvalue weighted by Crippen LogP contribution is -2.10. The van der Waals surface area contributed by atoms with E-state index in [-0.39, 0.29) is 23.5 Å². The minimum absolute atomic E-state index is 0.0431. The number of nitrogens with zero attached hydrogens (tertiary/aromatic N) is 3. The van der Waals surface area contributed by atoms with Crippen LogP contribution in [-0.2, 0) is 0 Å². The SMILES string of the molecule is CC(C)Oc1ncnc(Nc2ccccc2)c1[N+](=O)[O-]. The van der Waals surface area contributed by atoms with Gasteiger partial charge < -0.3 is 10.1 Å². The van der Waals surface area contributed by atoms with E-state index < -0.39 is 4.92 Å². The third kappa shape index (κ3) is 3.19. The predicted molar refractivity (Wildman–Crippen MR) is 74.2 cm³/mol. The molecule has 1 heterocycles. The van der Waals surface area contributed by atoms with Crippen molar-refractivity contribution in [3.8, 4) is 5.88 Å². The van der Waals surface area contributed by atoms with Crippen LogP contribution in [0.5, 0.6) is 5.88 Å². The van der Waals surface area contributed by atoms with Crippen LogP contribution in [0.3, 0.4) is 0 Å². The van der Waals surface area contributed by atoms with Crippen LogP contribution in [0.2, 0.25) is 0 Å². The Balaban J connectivity index is 2.39. The predicted octanol–water partition coefficient (Wildman–Crippen LogP) is 2.92. The topological polar surface area (TPSA) is 90.2 Å². The number of anilines is 2. The van der Waals surface area contributed by atoms with Crippen LogP contribution in [0.15, 0.2) is 36.7 Å². The number of aromatic nitrogens is 2. The zero-order chi connectivity index (χ0) is 14.5. The molecule has 0 saturated heterocycles. The van der Waals surface area contributed by atoms with Gasteiger partial charge in [-0.15, -0.1) is 0 Å². The van der Waals surface area contributed by atoms with Gasteiger partial charge in [0.15, 0.2) is 0 Å². The van der Waals surface area contributed by atoms with Gasteiger partial charge in [-0.2, -0.15) is 4.98 Å². The van der Waals surface area contributed by atoms with Gasteiger partial charge in [-0.25, -0.2) is 4.98 Å². The highest BCUT2D eigenvalue weighted by molar-refractivity contribution is 5.68. The monoisotopic (exact) mass is 274 g/mol. The fourth-order valence-electron chi connectivity index (χ4n) is 1.59. The molecule has 0 bridgehead atoms. The summed E-state index contributed by atoms with van der Waals surface area (Å²) in [7, 11) is 0. The Labute approximate surface area is 115 Å². The summed E-state index contributed by atoms with van der Waals surface area (Å²) in [5.41, 5.74) is 0.426. The van der Waals surface area contributed by atoms with Gasteiger partial charge in [-0.3, -0.25) is 10.1 Å². The second kappa shape index (κ2) is 5.96. The van der Waals surface area contributed by atoms with E-state index in [1.54, 1.807) is 26.0 Å². The van der Waals surface area contributed by atoms with E-state index in [4.69, 9.17) is 4.74 Å². The molecule has 0 saturated carbocycles. The molecule has 104 valence electrons. The zero-order valence-corrected chi connectivity index (χ0v) is 11.1. The lowest BCUT2D eigenvalue weighted by atomic mass is 10.3. The van der Waals surface area contributed by atoms with Gasteiger partial charge in [-0.05, 0) is 26.0 Å². The fourth-order valence-corrected chi connectivity index (χ4v) is 1.59. The molecule has 0 unspecified atom stereocenters. The molecule has 0 aliphatic rings. The lowest BCUT2D eigenvalue weighted by Gasteiger charge is -2.11. The number of ether oxygens (including phenoxy) is 1. The quantitative estimate of drug-likeness (QED) is 0.666. The van der Waals surface area contributed by atoms with Gasteiger partial charge in [-0.1, -0.05) is 18.2 Å². The van der Waals surface area contributed by atoms with E-state index in [1.807, 2.05) is 18.2 Å². The zero-order valence-electron chi connectivity index (χ0n) is 11.1. The van der Waals surface area contributed by atoms with Crippen molar-refractivity contribution in [1.82, 2.24) is 9.97 Å². The van der Waals surface area contributed by atoms with Crippen LogP contribution < -0.4 is 10.1 Å². The first-order valence-electron chi connectivity index (χ1n) is 6.06. The Hall–Kier alpha value is -2.70. The number of hydrogen-bond donors (Lipinski definition) is 1. The van der Waals surface area contributed by atoms with Crippen molar-refractivity contribution in [2.45, 2.75) is 20.0 Å². The van der Waals surface area contributed by atoms with Crippen LogP contribution in [0.1, 0.15) is 13.8 Å². The minimum Gasteiger partial charge on any atom is -0.470 e. The maximum Gasteiger partial charge on any atom is 0.373 e. The van der Waals surface area contributed by atoms with Crippen molar-refractivity contribution in [3.63, 3.8) is 0 Å². The van der Waals surface area contributed by atoms with Crippen LogP contribution in [0, 0.1) is 10.1 Å². The number of nitro groups is 1. The van der Waals surface area contributed by atoms with Crippen molar-refractivity contribution in [2.24, 2.45) is 0 Å². The number of para-hydroxylation sites is 1. The molecule has 7 heteroatoms. The average molecular weight is 274 g/mol. The largest absolute Gasteiger partial charge is 0.470 e. The molecule has 0 radical (unpaired) electrons. The molecule has 1 aromatic heterocycles. The molecular formula is C13H14N4O3. The van der Waals surface area contributed by atoms with Gasteiger partial charge in [0.1, 0.15) is 6.33 Å². The molecule has 1 aromatic carbocycles. The summed E-state index contributed by atoms with van der Waals surface area (Å²) in [5.74, 6) is 0.0604. The second-order valence-electron chi connectivity index (χ2n) is 4.29. The third-order valence-corrected chi connectivity index (χ3v) is 2.36. The number of rotatable bonds is 5. The van der Waals surface area contributed by atoms with Crippen molar-refractivity contribution in [3.05, 3.63) is 46.8 Å². The molecule has 1 N–H and O–H groups in total. The standard InChI is InChI=1S/C13H14N4O3/c1-9(2)20-13-11(17(18)19)12(14-8-15-13)16-10-6-4-3-5-7-10/h3-9H,1-2H3,(H,14,15,16). The van der Waals surface area contributed by atoms with Gasteiger partial charge in [0, 0.05) is 5.69 Å². The maximum atomic E-state index is 11.2. The van der Waals surface area contributed by atoms with Crippen LogP contribution in [0.25, 0.3) is 0 Å². The average Bonchev–Trinajstić information content (AvgIpc) is 2.39. The van der Waals surface area contributed by atoms with Crippen LogP contribution >= 0.6 is 0 Å². The molecule has 0 fully saturated rings. The van der Waals surface area contributed by atoms with Crippen molar-refractivity contribution < 1.29 is 9.66 Å². The fraction of sp³-hybridized carbons (Fsp3) is 0.231. The Kier molecular flexibility index (Phi) is 4.09. The molecule has 7 nitrogen and oxygen atoms in total. The molecule has 2 aromatic rings. The van der Waals surface area contributed by atoms with E-state index in [0.29, 0.717) is 5.69 Å². The van der Waals surface area contributed by atoms with Gasteiger partial charge in [0.25, 0.3) is 5.88 Å². The Morgan fingerprint density at radius 1 is 1.25 bits per heavy atom. The third-order valence-electron chi connectivity index (χ3n) is 2.36. The molecule has 0 aliphatic heterocycles. The maximum absolute atomic E-state index is 11.2. The number of nitrogens with one attached hydrogen (secondary N) is 1. The molecule has 2 rings (SSSR count). The highest BCUT2D eigenvalue weighted by Gasteiger charge is 2.25. The normalized spacial score (nSPS) is 10.3. The number of benzene rings is 1. The summed E-state index contributed by atoms with van der Waals surface area (Å²) in [6, 6.07) is 9.07. The van der Waals surface area contributed by atoms with E-state index in [1.165, 1.54) is 6.33 Å². The smallest absolute Gasteiger partial charge is 0.373 e. The van der Waals surface area contributed by atoms with Crippen molar-refractivity contribution in [1.29, 1.82) is 0 Å². The summed E-state index contributed by atoms with van der Waals surface area (Å²) in [6.45, 7) is 3.55. The van der Waals surface area contributed by atoms with Gasteiger partial charge in [0.2, 0.25) is 5.82 Å².